The third kappa shape index (κ3) is 3.69. The van der Waals surface area contributed by atoms with E-state index in [0.29, 0.717) is 0 Å². The maximum atomic E-state index is 12.1. The second kappa shape index (κ2) is 5.34. The fraction of sp³-hybridized carbons (Fsp3) is 0.545. The number of aromatic nitrogens is 1. The van der Waals surface area contributed by atoms with Gasteiger partial charge < -0.3 is 9.84 Å². The Morgan fingerprint density at radius 1 is 1.67 bits per heavy atom. The Kier molecular flexibility index (Phi) is 3.81. The number of nitrogens with zero attached hydrogens (tertiary/aromatic N) is 2. The second-order valence-electron chi connectivity index (χ2n) is 4.36. The van der Waals surface area contributed by atoms with Crippen LogP contribution in [0.3, 0.4) is 0 Å². The van der Waals surface area contributed by atoms with Crippen molar-refractivity contribution in [3.63, 3.8) is 0 Å². The van der Waals surface area contributed by atoms with Crippen molar-refractivity contribution >= 4 is 29.2 Å². The highest BCUT2D eigenvalue weighted by molar-refractivity contribution is 7.07. The second-order valence-corrected chi connectivity index (χ2v) is 5.08. The van der Waals surface area contributed by atoms with E-state index in [-0.39, 0.29) is 12.7 Å². The Morgan fingerprint density at radius 3 is 2.78 bits per heavy atom. The number of hydrogen-bond donors (Lipinski definition) is 1. The molecule has 1 aromatic heterocycles. The topological polar surface area (TPSA) is 79.7 Å². The van der Waals surface area contributed by atoms with Gasteiger partial charge in [0.15, 0.2) is 0 Å². The molecule has 0 radical (unpaired) electrons. The number of hydrogen-bond acceptors (Lipinski definition) is 5. The van der Waals surface area contributed by atoms with Gasteiger partial charge in [-0.05, 0) is 27.7 Å². The summed E-state index contributed by atoms with van der Waals surface area (Å²) in [6.45, 7) is 4.42. The summed E-state index contributed by atoms with van der Waals surface area (Å²) in [6, 6.07) is -1.10. The first-order valence-corrected chi connectivity index (χ1v) is 6.15. The summed E-state index contributed by atoms with van der Waals surface area (Å²) in [5.41, 5.74) is 0.517. The first-order chi connectivity index (χ1) is 8.78. The number of carbonyl (C=O) groups is 2. The number of carboxylic acid groups (broad SMARTS) is 1. The van der Waals surface area contributed by atoms with E-state index in [0.717, 1.165) is 4.90 Å². The normalized spacial score (nSPS) is 13.6. The lowest BCUT2D eigenvalue weighted by molar-refractivity contribution is -0.138. The van der Waals surface area contributed by atoms with Gasteiger partial charge in [0.1, 0.15) is 17.5 Å². The summed E-state index contributed by atoms with van der Waals surface area (Å²) in [4.78, 5) is 28.0. The number of rotatable bonds is 3. The molecule has 7 heteroatoms. The summed E-state index contributed by atoms with van der Waals surface area (Å²) in [6.07, 6.45) is -0.821. The molecule has 0 aliphatic carbocycles. The van der Waals surface area contributed by atoms with Gasteiger partial charge in [-0.1, -0.05) is 0 Å². The fourth-order valence-corrected chi connectivity index (χ4v) is 1.70. The molecule has 0 saturated carbocycles. The molecule has 0 aliphatic heterocycles. The molecule has 0 unspecified atom stereocenters. The summed E-state index contributed by atoms with van der Waals surface area (Å²) in [5.74, 6) is -0.931. The molecular formula is C11H16N2O4S. The molecule has 18 heavy (non-hydrogen) atoms. The summed E-state index contributed by atoms with van der Waals surface area (Å²) >= 11 is 1.25. The Labute approximate surface area is 111 Å². The molecule has 0 aromatic carbocycles. The minimum Gasteiger partial charge on any atom is -0.480 e. The van der Waals surface area contributed by atoms with Gasteiger partial charge in [-0.3, -0.25) is 0 Å². The van der Waals surface area contributed by atoms with Crippen LogP contribution in [0.25, 0.3) is 0 Å². The van der Waals surface area contributed by atoms with Gasteiger partial charge in [0.05, 0.1) is 5.51 Å². The zero-order valence-electron chi connectivity index (χ0n) is 11.4. The van der Waals surface area contributed by atoms with E-state index in [2.05, 4.69) is 4.98 Å². The van der Waals surface area contributed by atoms with Crippen LogP contribution >= 0.6 is 11.3 Å². The van der Waals surface area contributed by atoms with Crippen molar-refractivity contribution in [2.45, 2.75) is 39.3 Å². The van der Waals surface area contributed by atoms with E-state index >= 15 is 0 Å². The van der Waals surface area contributed by atoms with E-state index in [9.17, 15) is 9.59 Å². The lowest BCUT2D eigenvalue weighted by atomic mass is 10.2. The van der Waals surface area contributed by atoms with Crippen LogP contribution in [0, 0.1) is 0 Å². The third-order valence-corrected chi connectivity index (χ3v) is 2.55. The minimum atomic E-state index is -1.16. The summed E-state index contributed by atoms with van der Waals surface area (Å²) in [5, 5.41) is 10.6. The van der Waals surface area contributed by atoms with E-state index < -0.39 is 23.7 Å². The number of anilines is 1. The van der Waals surface area contributed by atoms with Crippen LogP contribution in [-0.2, 0) is 9.53 Å². The van der Waals surface area contributed by atoms with Crippen LogP contribution in [0.15, 0.2) is 10.9 Å². The van der Waals surface area contributed by atoms with Crippen molar-refractivity contribution in [1.82, 2.24) is 4.98 Å². The van der Waals surface area contributed by atoms with Gasteiger partial charge in [-0.15, -0.1) is 11.3 Å². The van der Waals surface area contributed by atoms with Crippen LogP contribution in [0.1, 0.15) is 29.0 Å². The van der Waals surface area contributed by atoms with E-state index in [4.69, 9.17) is 11.2 Å². The van der Waals surface area contributed by atoms with Gasteiger partial charge >= 0.3 is 12.1 Å². The Balaban J connectivity index is 2.98. The van der Waals surface area contributed by atoms with Crippen molar-refractivity contribution in [3.8, 4) is 0 Å². The maximum Gasteiger partial charge on any atom is 0.416 e. The molecule has 6 nitrogen and oxygen atoms in total. The van der Waals surface area contributed by atoms with Crippen LogP contribution in [0.4, 0.5) is 10.6 Å². The molecule has 0 aliphatic rings. The lowest BCUT2D eigenvalue weighted by Crippen LogP contribution is -2.46. The van der Waals surface area contributed by atoms with Crippen molar-refractivity contribution < 1.29 is 20.8 Å². The van der Waals surface area contributed by atoms with Crippen LogP contribution in [-0.4, -0.2) is 33.8 Å². The van der Waals surface area contributed by atoms with Crippen molar-refractivity contribution in [3.05, 3.63) is 10.9 Å². The van der Waals surface area contributed by atoms with Crippen LogP contribution in [0.5, 0.6) is 0 Å². The van der Waals surface area contributed by atoms with Crippen LogP contribution in [0.2, 0.25) is 0 Å². The highest BCUT2D eigenvalue weighted by Crippen LogP contribution is 2.20. The highest BCUT2D eigenvalue weighted by atomic mass is 32.1. The fourth-order valence-electron chi connectivity index (χ4n) is 1.17. The Hall–Kier alpha value is -1.63. The average Bonchev–Trinajstić information content (AvgIpc) is 2.82. The van der Waals surface area contributed by atoms with Crippen molar-refractivity contribution in [1.29, 1.82) is 0 Å². The minimum absolute atomic E-state index is 0.120. The Morgan fingerprint density at radius 2 is 2.33 bits per heavy atom. The highest BCUT2D eigenvalue weighted by Gasteiger charge is 2.32. The van der Waals surface area contributed by atoms with Gasteiger partial charge in [0, 0.05) is 6.75 Å². The summed E-state index contributed by atoms with van der Waals surface area (Å²) < 4.78 is 12.4. The molecule has 1 heterocycles. The molecule has 1 atom stereocenters. The number of ether oxygens (including phenoxy) is 1. The molecule has 0 spiro atoms. The number of thiazole rings is 1. The Bertz CT molecular complexity index is 450. The van der Waals surface area contributed by atoms with Crippen LogP contribution < -0.4 is 4.90 Å². The van der Waals surface area contributed by atoms with E-state index in [1.807, 2.05) is 0 Å². The number of carbonyl (C=O) groups excluding carboxylic acids is 1. The molecule has 0 saturated heterocycles. The average molecular weight is 273 g/mol. The number of amides is 1. The largest absolute Gasteiger partial charge is 0.480 e. The van der Waals surface area contributed by atoms with E-state index in [1.54, 1.807) is 19.2 Å². The standard InChI is InChI=1S/C11H16N2O4S/c1-7(9(14)15)13(8-5-18-6-12-8)10(16)17-11(2,3)4/h5-7H,1-4H3,(H,14,15)/t7-/m0/s1/i2D. The van der Waals surface area contributed by atoms with Gasteiger partial charge in [-0.2, -0.15) is 0 Å². The predicted octanol–water partition coefficient (Wildman–Crippen LogP) is 2.36. The van der Waals surface area contributed by atoms with Crippen molar-refractivity contribution in [2.24, 2.45) is 0 Å². The summed E-state index contributed by atoms with van der Waals surface area (Å²) in [7, 11) is 0. The smallest absolute Gasteiger partial charge is 0.416 e. The van der Waals surface area contributed by atoms with E-state index in [1.165, 1.54) is 23.8 Å². The molecule has 1 N–H and O–H groups in total. The first kappa shape index (κ1) is 12.8. The third-order valence-electron chi connectivity index (χ3n) is 1.97. The van der Waals surface area contributed by atoms with Gasteiger partial charge in [0.2, 0.25) is 0 Å². The number of aliphatic carboxylic acids is 1. The molecule has 100 valence electrons. The number of carboxylic acids is 1. The zero-order chi connectivity index (χ0) is 14.6. The lowest BCUT2D eigenvalue weighted by Gasteiger charge is -2.28. The molecule has 0 fully saturated rings. The zero-order valence-corrected chi connectivity index (χ0v) is 11.2. The molecule has 1 amide bonds. The maximum absolute atomic E-state index is 12.1. The quantitative estimate of drug-likeness (QED) is 0.914. The molecule has 1 aromatic rings. The molecular weight excluding hydrogens is 256 g/mol. The molecule has 0 bridgehead atoms. The monoisotopic (exact) mass is 273 g/mol. The SMILES string of the molecule is [2H]CC(C)(C)OC(=O)N(c1cscn1)[C@@H](C)C(=O)O. The first-order valence-electron chi connectivity index (χ1n) is 5.91. The van der Waals surface area contributed by atoms with Crippen molar-refractivity contribution in [2.75, 3.05) is 4.90 Å². The molecule has 1 rings (SSSR count). The van der Waals surface area contributed by atoms with Gasteiger partial charge in [-0.25, -0.2) is 19.5 Å². The van der Waals surface area contributed by atoms with Gasteiger partial charge in [0.25, 0.3) is 0 Å². The predicted molar refractivity (Wildman–Crippen MR) is 67.9 cm³/mol.